The molecule has 0 aliphatic rings. The van der Waals surface area contributed by atoms with E-state index >= 15 is 4.39 Å². The van der Waals surface area contributed by atoms with Gasteiger partial charge in [0.25, 0.3) is 0 Å². The average molecular weight is 412 g/mol. The minimum absolute atomic E-state index is 0.222. The van der Waals surface area contributed by atoms with E-state index in [4.69, 9.17) is 9.40 Å². The van der Waals surface area contributed by atoms with Gasteiger partial charge in [-0.2, -0.15) is 0 Å². The second kappa shape index (κ2) is 7.19. The van der Waals surface area contributed by atoms with Crippen LogP contribution in [0.3, 0.4) is 0 Å². The Morgan fingerprint density at radius 2 is 1.68 bits per heavy atom. The first kappa shape index (κ1) is 19.7. The number of pyridine rings is 1. The molecule has 2 aromatic heterocycles. The highest BCUT2D eigenvalue weighted by Gasteiger charge is 2.21. The first-order valence-electron chi connectivity index (χ1n) is 10.8. The molecule has 0 amide bonds. The van der Waals surface area contributed by atoms with Crippen LogP contribution in [-0.2, 0) is 6.42 Å². The SMILES string of the molecule is Cc1cc2oc3c(-c4nccc5cc(CC(C)C)ccc45)cc(C)c(F)c3c2cc1C. The summed E-state index contributed by atoms with van der Waals surface area (Å²) in [7, 11) is 0. The standard InChI is InChI=1S/C28H26FNO/c1-15(2)10-19-6-7-21-20(14-19)8-9-30-27(21)23-12-18(5)26(29)25-22-11-16(3)17(4)13-24(22)31-28(23)25/h6-9,11-15H,10H2,1-5H3. The molecule has 31 heavy (non-hydrogen) atoms. The van der Waals surface area contributed by atoms with E-state index in [0.717, 1.165) is 45.0 Å². The predicted octanol–water partition coefficient (Wildman–Crippen LogP) is 8.06. The van der Waals surface area contributed by atoms with Gasteiger partial charge < -0.3 is 4.42 Å². The number of aromatic nitrogens is 1. The second-order valence-electron chi connectivity index (χ2n) is 9.11. The molecule has 0 saturated heterocycles. The monoisotopic (exact) mass is 411 g/mol. The first-order chi connectivity index (χ1) is 14.8. The van der Waals surface area contributed by atoms with Crippen LogP contribution in [0.15, 0.2) is 53.1 Å². The van der Waals surface area contributed by atoms with Crippen molar-refractivity contribution in [1.29, 1.82) is 0 Å². The van der Waals surface area contributed by atoms with E-state index in [1.165, 1.54) is 5.56 Å². The highest BCUT2D eigenvalue weighted by molar-refractivity contribution is 6.12. The highest BCUT2D eigenvalue weighted by atomic mass is 19.1. The van der Waals surface area contributed by atoms with Crippen molar-refractivity contribution in [1.82, 2.24) is 4.98 Å². The van der Waals surface area contributed by atoms with E-state index in [-0.39, 0.29) is 5.82 Å². The van der Waals surface area contributed by atoms with E-state index in [9.17, 15) is 0 Å². The molecule has 0 aliphatic heterocycles. The van der Waals surface area contributed by atoms with E-state index in [1.54, 1.807) is 0 Å². The number of fused-ring (bicyclic) bond motifs is 4. The summed E-state index contributed by atoms with van der Waals surface area (Å²) in [6.07, 6.45) is 2.87. The molecule has 0 spiro atoms. The zero-order valence-corrected chi connectivity index (χ0v) is 18.6. The minimum atomic E-state index is -0.222. The van der Waals surface area contributed by atoms with Gasteiger partial charge in [0, 0.05) is 22.5 Å². The van der Waals surface area contributed by atoms with Crippen molar-refractivity contribution < 1.29 is 8.81 Å². The number of rotatable bonds is 3. The molecule has 2 nitrogen and oxygen atoms in total. The van der Waals surface area contributed by atoms with Crippen molar-refractivity contribution in [2.45, 2.75) is 41.0 Å². The Hall–Kier alpha value is -3.20. The second-order valence-corrected chi connectivity index (χ2v) is 9.11. The molecule has 3 heteroatoms. The maximum atomic E-state index is 15.3. The number of halogens is 1. The minimum Gasteiger partial charge on any atom is -0.455 e. The van der Waals surface area contributed by atoms with Gasteiger partial charge in [0.15, 0.2) is 0 Å². The first-order valence-corrected chi connectivity index (χ1v) is 10.8. The summed E-state index contributed by atoms with van der Waals surface area (Å²) in [5.41, 5.74) is 7.10. The van der Waals surface area contributed by atoms with Crippen LogP contribution in [0, 0.1) is 32.5 Å². The fourth-order valence-electron chi connectivity index (χ4n) is 4.52. The average Bonchev–Trinajstić information content (AvgIpc) is 3.08. The Morgan fingerprint density at radius 1 is 0.903 bits per heavy atom. The zero-order valence-electron chi connectivity index (χ0n) is 18.6. The Balaban J connectivity index is 1.83. The molecule has 0 bridgehead atoms. The Kier molecular flexibility index (Phi) is 4.58. The summed E-state index contributed by atoms with van der Waals surface area (Å²) in [5, 5.41) is 3.56. The molecular formula is C28H26FNO. The van der Waals surface area contributed by atoms with Gasteiger partial charge in [-0.3, -0.25) is 4.98 Å². The topological polar surface area (TPSA) is 26.0 Å². The van der Waals surface area contributed by atoms with Crippen LogP contribution in [-0.4, -0.2) is 4.98 Å². The maximum absolute atomic E-state index is 15.3. The molecule has 0 unspecified atom stereocenters. The van der Waals surface area contributed by atoms with Crippen LogP contribution in [0.25, 0.3) is 44.0 Å². The third-order valence-corrected chi connectivity index (χ3v) is 6.20. The van der Waals surface area contributed by atoms with Gasteiger partial charge in [0.2, 0.25) is 0 Å². The summed E-state index contributed by atoms with van der Waals surface area (Å²) in [5.74, 6) is 0.376. The number of hydrogen-bond donors (Lipinski definition) is 0. The van der Waals surface area contributed by atoms with Gasteiger partial charge in [0.1, 0.15) is 17.0 Å². The number of hydrogen-bond acceptors (Lipinski definition) is 2. The summed E-state index contributed by atoms with van der Waals surface area (Å²) >= 11 is 0. The number of nitrogens with zero attached hydrogens (tertiary/aromatic N) is 1. The molecule has 5 rings (SSSR count). The lowest BCUT2D eigenvalue weighted by Crippen LogP contribution is -1.95. The molecule has 3 aromatic carbocycles. The number of aryl methyl sites for hydroxylation is 3. The molecule has 0 N–H and O–H groups in total. The van der Waals surface area contributed by atoms with Gasteiger partial charge in [0.05, 0.1) is 11.1 Å². The Bertz CT molecular complexity index is 1480. The van der Waals surface area contributed by atoms with Crippen LogP contribution in [0.2, 0.25) is 0 Å². The van der Waals surface area contributed by atoms with E-state index < -0.39 is 0 Å². The molecular weight excluding hydrogens is 385 g/mol. The van der Waals surface area contributed by atoms with Crippen molar-refractivity contribution in [3.8, 4) is 11.3 Å². The third kappa shape index (κ3) is 3.20. The quantitative estimate of drug-likeness (QED) is 0.300. The molecule has 156 valence electrons. The summed E-state index contributed by atoms with van der Waals surface area (Å²) in [6.45, 7) is 10.4. The van der Waals surface area contributed by atoms with Crippen molar-refractivity contribution in [2.24, 2.45) is 5.92 Å². The molecule has 0 atom stereocenters. The highest BCUT2D eigenvalue weighted by Crippen LogP contribution is 2.41. The normalized spacial score (nSPS) is 12.0. The molecule has 0 aliphatic carbocycles. The lowest BCUT2D eigenvalue weighted by molar-refractivity contribution is 0.626. The van der Waals surface area contributed by atoms with Gasteiger partial charge in [-0.1, -0.05) is 32.0 Å². The van der Waals surface area contributed by atoms with Crippen LogP contribution >= 0.6 is 0 Å². The van der Waals surface area contributed by atoms with Gasteiger partial charge in [-0.15, -0.1) is 0 Å². The van der Waals surface area contributed by atoms with Gasteiger partial charge >= 0.3 is 0 Å². The predicted molar refractivity (Wildman–Crippen MR) is 127 cm³/mol. The van der Waals surface area contributed by atoms with Crippen molar-refractivity contribution in [3.05, 3.63) is 76.7 Å². The molecule has 2 heterocycles. The Morgan fingerprint density at radius 3 is 2.45 bits per heavy atom. The number of furan rings is 1. The van der Waals surface area contributed by atoms with E-state index in [0.29, 0.717) is 28.0 Å². The van der Waals surface area contributed by atoms with Crippen LogP contribution in [0.4, 0.5) is 4.39 Å². The van der Waals surface area contributed by atoms with Gasteiger partial charge in [-0.05, 0) is 85.0 Å². The van der Waals surface area contributed by atoms with Crippen molar-refractivity contribution >= 4 is 32.7 Å². The molecule has 5 aromatic rings. The summed E-state index contributed by atoms with van der Waals surface area (Å²) in [6, 6.07) is 14.5. The molecule has 0 fully saturated rings. The fourth-order valence-corrected chi connectivity index (χ4v) is 4.52. The van der Waals surface area contributed by atoms with Crippen LogP contribution < -0.4 is 0 Å². The van der Waals surface area contributed by atoms with E-state index in [1.807, 2.05) is 51.2 Å². The zero-order chi connectivity index (χ0) is 21.9. The van der Waals surface area contributed by atoms with Gasteiger partial charge in [-0.25, -0.2) is 4.39 Å². The van der Waals surface area contributed by atoms with Crippen LogP contribution in [0.1, 0.15) is 36.1 Å². The smallest absolute Gasteiger partial charge is 0.147 e. The largest absolute Gasteiger partial charge is 0.455 e. The molecule has 0 saturated carbocycles. The Labute approximate surface area is 181 Å². The summed E-state index contributed by atoms with van der Waals surface area (Å²) in [4.78, 5) is 4.71. The maximum Gasteiger partial charge on any atom is 0.147 e. The van der Waals surface area contributed by atoms with Crippen LogP contribution in [0.5, 0.6) is 0 Å². The number of benzene rings is 3. The molecule has 0 radical (unpaired) electrons. The fraction of sp³-hybridized carbons (Fsp3) is 0.250. The lowest BCUT2D eigenvalue weighted by atomic mass is 9.96. The lowest BCUT2D eigenvalue weighted by Gasteiger charge is -2.11. The van der Waals surface area contributed by atoms with Crippen molar-refractivity contribution in [2.75, 3.05) is 0 Å². The van der Waals surface area contributed by atoms with Crippen molar-refractivity contribution in [3.63, 3.8) is 0 Å². The van der Waals surface area contributed by atoms with E-state index in [2.05, 4.69) is 32.0 Å². The third-order valence-electron chi connectivity index (χ3n) is 6.20. The summed E-state index contributed by atoms with van der Waals surface area (Å²) < 4.78 is 21.6.